The van der Waals surface area contributed by atoms with Crippen LogP contribution in [0.15, 0.2) is 17.5 Å². The van der Waals surface area contributed by atoms with Gasteiger partial charge in [0.1, 0.15) is 0 Å². The Kier molecular flexibility index (Phi) is 5.46. The maximum absolute atomic E-state index is 5.47. The van der Waals surface area contributed by atoms with Gasteiger partial charge in [-0.15, -0.1) is 11.3 Å². The average Bonchev–Trinajstić information content (AvgIpc) is 2.77. The molecule has 16 heavy (non-hydrogen) atoms. The Balaban J connectivity index is 2.37. The normalized spacial score (nSPS) is 14.0. The molecule has 0 amide bonds. The van der Waals surface area contributed by atoms with Crippen molar-refractivity contribution in [1.29, 1.82) is 0 Å². The molecule has 92 valence electrons. The summed E-state index contributed by atoms with van der Waals surface area (Å²) >= 11 is 1.84. The van der Waals surface area contributed by atoms with E-state index in [4.69, 9.17) is 4.74 Å². The molecule has 1 N–H and O–H groups in total. The van der Waals surface area contributed by atoms with Gasteiger partial charge in [-0.05, 0) is 51.6 Å². The molecule has 1 aromatic rings. The summed E-state index contributed by atoms with van der Waals surface area (Å²) in [6.07, 6.45) is 3.37. The summed E-state index contributed by atoms with van der Waals surface area (Å²) < 4.78 is 5.47. The topological polar surface area (TPSA) is 21.3 Å². The second-order valence-corrected chi connectivity index (χ2v) is 5.80. The number of hydrogen-bond donors (Lipinski definition) is 1. The van der Waals surface area contributed by atoms with Gasteiger partial charge in [-0.1, -0.05) is 6.07 Å². The molecule has 0 radical (unpaired) electrons. The first-order chi connectivity index (χ1) is 7.57. The third kappa shape index (κ3) is 4.64. The number of ether oxygens (including phenoxy) is 1. The lowest BCUT2D eigenvalue weighted by Gasteiger charge is -2.28. The molecule has 2 nitrogen and oxygen atoms in total. The zero-order valence-electron chi connectivity index (χ0n) is 10.7. The summed E-state index contributed by atoms with van der Waals surface area (Å²) in [5, 5.41) is 5.52. The van der Waals surface area contributed by atoms with Crippen LogP contribution < -0.4 is 5.32 Å². The fourth-order valence-electron chi connectivity index (χ4n) is 1.80. The fourth-order valence-corrected chi connectivity index (χ4v) is 2.52. The molecule has 0 bridgehead atoms. The first-order valence-corrected chi connectivity index (χ1v) is 6.70. The van der Waals surface area contributed by atoms with Crippen molar-refractivity contribution in [1.82, 2.24) is 5.32 Å². The van der Waals surface area contributed by atoms with Gasteiger partial charge in [-0.2, -0.15) is 0 Å². The van der Waals surface area contributed by atoms with E-state index in [-0.39, 0.29) is 5.60 Å². The van der Waals surface area contributed by atoms with E-state index in [1.807, 2.05) is 18.4 Å². The van der Waals surface area contributed by atoms with Crippen molar-refractivity contribution < 1.29 is 4.74 Å². The molecular formula is C13H23NOS. The number of nitrogens with one attached hydrogen (secondary N) is 1. The van der Waals surface area contributed by atoms with Crippen LogP contribution in [0.3, 0.4) is 0 Å². The molecule has 0 aliphatic heterocycles. The van der Waals surface area contributed by atoms with Gasteiger partial charge in [-0.3, -0.25) is 0 Å². The largest absolute Gasteiger partial charge is 0.379 e. The van der Waals surface area contributed by atoms with Gasteiger partial charge in [0, 0.05) is 18.0 Å². The summed E-state index contributed by atoms with van der Waals surface area (Å²) in [4.78, 5) is 1.47. The minimum Gasteiger partial charge on any atom is -0.379 e. The molecule has 1 aromatic heterocycles. The van der Waals surface area contributed by atoms with Gasteiger partial charge < -0.3 is 10.1 Å². The standard InChI is InChI=1S/C13H23NOS/c1-13(2,15-4)10-11(14-3)7-8-12-6-5-9-16-12/h5-6,9,11,14H,7-8,10H2,1-4H3. The molecule has 0 fully saturated rings. The Hall–Kier alpha value is -0.380. The first kappa shape index (κ1) is 13.7. The van der Waals surface area contributed by atoms with E-state index in [0.717, 1.165) is 12.8 Å². The van der Waals surface area contributed by atoms with Crippen LogP contribution in [-0.4, -0.2) is 25.8 Å². The molecule has 0 aliphatic carbocycles. The Labute approximate surface area is 103 Å². The molecule has 1 rings (SSSR count). The summed E-state index contributed by atoms with van der Waals surface area (Å²) in [5.41, 5.74) is -0.0386. The lowest BCUT2D eigenvalue weighted by Crippen LogP contribution is -2.36. The van der Waals surface area contributed by atoms with Gasteiger partial charge >= 0.3 is 0 Å². The van der Waals surface area contributed by atoms with Crippen LogP contribution in [0.5, 0.6) is 0 Å². The number of rotatable bonds is 7. The Morgan fingerprint density at radius 2 is 2.25 bits per heavy atom. The van der Waals surface area contributed by atoms with Gasteiger partial charge in [0.05, 0.1) is 5.60 Å². The lowest BCUT2D eigenvalue weighted by atomic mass is 9.95. The van der Waals surface area contributed by atoms with E-state index in [9.17, 15) is 0 Å². The quantitative estimate of drug-likeness (QED) is 0.792. The van der Waals surface area contributed by atoms with Crippen molar-refractivity contribution >= 4 is 11.3 Å². The lowest BCUT2D eigenvalue weighted by molar-refractivity contribution is 0.00705. The van der Waals surface area contributed by atoms with E-state index < -0.39 is 0 Å². The SMILES string of the molecule is CNC(CCc1cccs1)CC(C)(C)OC. The Morgan fingerprint density at radius 3 is 2.75 bits per heavy atom. The van der Waals surface area contributed by atoms with Crippen molar-refractivity contribution in [3.8, 4) is 0 Å². The molecule has 1 atom stereocenters. The average molecular weight is 241 g/mol. The van der Waals surface area contributed by atoms with Crippen LogP contribution >= 0.6 is 11.3 Å². The van der Waals surface area contributed by atoms with Crippen molar-refractivity contribution in [2.75, 3.05) is 14.2 Å². The number of methoxy groups -OCH3 is 1. The van der Waals surface area contributed by atoms with Crippen LogP contribution in [0.1, 0.15) is 31.6 Å². The van der Waals surface area contributed by atoms with Crippen LogP contribution in [0, 0.1) is 0 Å². The molecular weight excluding hydrogens is 218 g/mol. The van der Waals surface area contributed by atoms with Crippen LogP contribution in [0.25, 0.3) is 0 Å². The maximum atomic E-state index is 5.47. The minimum absolute atomic E-state index is 0.0386. The smallest absolute Gasteiger partial charge is 0.0637 e. The molecule has 0 spiro atoms. The Bertz CT molecular complexity index is 282. The van der Waals surface area contributed by atoms with Crippen LogP contribution in [0.2, 0.25) is 0 Å². The molecule has 0 saturated carbocycles. The van der Waals surface area contributed by atoms with Crippen LogP contribution in [-0.2, 0) is 11.2 Å². The van der Waals surface area contributed by atoms with E-state index in [1.165, 1.54) is 11.3 Å². The van der Waals surface area contributed by atoms with Crippen molar-refractivity contribution in [3.63, 3.8) is 0 Å². The summed E-state index contributed by atoms with van der Waals surface area (Å²) in [7, 11) is 3.82. The third-order valence-corrected chi connectivity index (χ3v) is 3.95. The minimum atomic E-state index is -0.0386. The van der Waals surface area contributed by atoms with Crippen LogP contribution in [0.4, 0.5) is 0 Å². The third-order valence-electron chi connectivity index (χ3n) is 3.02. The molecule has 0 aliphatic rings. The highest BCUT2D eigenvalue weighted by Crippen LogP contribution is 2.19. The van der Waals surface area contributed by atoms with Gasteiger partial charge in [0.2, 0.25) is 0 Å². The van der Waals surface area contributed by atoms with E-state index in [2.05, 4.69) is 36.7 Å². The summed E-state index contributed by atoms with van der Waals surface area (Å²) in [6.45, 7) is 4.28. The zero-order valence-corrected chi connectivity index (χ0v) is 11.6. The predicted octanol–water partition coefficient (Wildman–Crippen LogP) is 3.08. The van der Waals surface area contributed by atoms with Crippen molar-refractivity contribution in [3.05, 3.63) is 22.4 Å². The highest BCUT2D eigenvalue weighted by molar-refractivity contribution is 7.09. The highest BCUT2D eigenvalue weighted by Gasteiger charge is 2.21. The Morgan fingerprint density at radius 1 is 1.50 bits per heavy atom. The number of thiophene rings is 1. The monoisotopic (exact) mass is 241 g/mol. The van der Waals surface area contributed by atoms with Gasteiger partial charge in [0.15, 0.2) is 0 Å². The van der Waals surface area contributed by atoms with Crippen molar-refractivity contribution in [2.24, 2.45) is 0 Å². The number of hydrogen-bond acceptors (Lipinski definition) is 3. The molecule has 0 aromatic carbocycles. The molecule has 0 saturated heterocycles. The summed E-state index contributed by atoms with van der Waals surface area (Å²) in [6, 6.07) is 4.85. The van der Waals surface area contributed by atoms with E-state index >= 15 is 0 Å². The molecule has 1 heterocycles. The fraction of sp³-hybridized carbons (Fsp3) is 0.692. The van der Waals surface area contributed by atoms with Gasteiger partial charge in [0.25, 0.3) is 0 Å². The molecule has 1 unspecified atom stereocenters. The highest BCUT2D eigenvalue weighted by atomic mass is 32.1. The maximum Gasteiger partial charge on any atom is 0.0637 e. The second kappa shape index (κ2) is 6.38. The first-order valence-electron chi connectivity index (χ1n) is 5.82. The summed E-state index contributed by atoms with van der Waals surface area (Å²) in [5.74, 6) is 0. The number of aryl methyl sites for hydroxylation is 1. The van der Waals surface area contributed by atoms with E-state index in [0.29, 0.717) is 6.04 Å². The van der Waals surface area contributed by atoms with E-state index in [1.54, 1.807) is 7.11 Å². The molecule has 3 heteroatoms. The van der Waals surface area contributed by atoms with Crippen molar-refractivity contribution in [2.45, 2.75) is 44.8 Å². The zero-order chi connectivity index (χ0) is 12.0. The van der Waals surface area contributed by atoms with Gasteiger partial charge in [-0.25, -0.2) is 0 Å². The predicted molar refractivity (Wildman–Crippen MR) is 71.2 cm³/mol. The second-order valence-electron chi connectivity index (χ2n) is 4.77.